The molecule has 0 aliphatic carbocycles. The molecule has 0 spiro atoms. The third-order valence-corrected chi connectivity index (χ3v) is 8.68. The summed E-state index contributed by atoms with van der Waals surface area (Å²) in [6.07, 6.45) is 7.04. The number of halogens is 3. The predicted molar refractivity (Wildman–Crippen MR) is 127 cm³/mol. The van der Waals surface area contributed by atoms with Gasteiger partial charge in [0, 0.05) is 31.6 Å². The zero-order valence-corrected chi connectivity index (χ0v) is 20.4. The lowest BCUT2D eigenvalue weighted by Gasteiger charge is -2.32. The van der Waals surface area contributed by atoms with Gasteiger partial charge < -0.3 is 10.1 Å². The molecule has 0 bridgehead atoms. The van der Waals surface area contributed by atoms with Gasteiger partial charge in [-0.05, 0) is 37.1 Å². The third kappa shape index (κ3) is 5.35. The third-order valence-electron chi connectivity index (χ3n) is 6.41. The van der Waals surface area contributed by atoms with Crippen molar-refractivity contribution in [1.29, 1.82) is 0 Å². The molecule has 2 aliphatic heterocycles. The van der Waals surface area contributed by atoms with Crippen molar-refractivity contribution < 1.29 is 21.9 Å². The van der Waals surface area contributed by atoms with Crippen molar-refractivity contribution in [1.82, 2.24) is 14.1 Å². The summed E-state index contributed by atoms with van der Waals surface area (Å²) >= 11 is 6.24. The van der Waals surface area contributed by atoms with Crippen LogP contribution in [-0.4, -0.2) is 61.3 Å². The molecule has 2 aliphatic rings. The number of nitrogens with zero attached hydrogens (tertiary/aromatic N) is 3. The Bertz CT molecular complexity index is 1270. The maximum absolute atomic E-state index is 14.0. The van der Waals surface area contributed by atoms with Crippen LogP contribution in [-0.2, 0) is 14.8 Å². The summed E-state index contributed by atoms with van der Waals surface area (Å²) in [5.74, 6) is -1.45. The Morgan fingerprint density at radius 1 is 1.26 bits per heavy atom. The van der Waals surface area contributed by atoms with Crippen molar-refractivity contribution >= 4 is 27.3 Å². The fraction of sp³-hybridized carbons (Fsp3) is 0.478. The number of alkyl halides is 2. The van der Waals surface area contributed by atoms with Crippen molar-refractivity contribution in [2.24, 2.45) is 5.92 Å². The van der Waals surface area contributed by atoms with Crippen LogP contribution in [0.4, 0.5) is 14.5 Å². The number of hydrogen-bond donors (Lipinski definition) is 1. The SMILES string of the molecule is C#Cc1ccc(S(=O)(=O)N2CCC(n3ncc(NC[C@@H]4COCCC4(F)F)c(Cl)c3=O)CC2)cc1. The molecule has 8 nitrogen and oxygen atoms in total. The average Bonchev–Trinajstić information content (AvgIpc) is 2.85. The van der Waals surface area contributed by atoms with E-state index in [0.717, 1.165) is 0 Å². The van der Waals surface area contributed by atoms with Gasteiger partial charge in [-0.2, -0.15) is 9.40 Å². The highest BCUT2D eigenvalue weighted by Crippen LogP contribution is 2.33. The lowest BCUT2D eigenvalue weighted by Crippen LogP contribution is -2.42. The molecule has 1 aromatic carbocycles. The van der Waals surface area contributed by atoms with Gasteiger partial charge >= 0.3 is 0 Å². The standard InChI is InChI=1S/C23H25ClF2N4O4S/c1-2-16-3-5-19(6-4-16)35(32,33)29-10-7-18(8-11-29)30-22(31)21(24)20(14-28-30)27-13-17-15-34-12-9-23(17,25)26/h1,3-6,14,17-18,27H,7-13,15H2/t17-/m1/s1. The second-order valence-electron chi connectivity index (χ2n) is 8.59. The largest absolute Gasteiger partial charge is 0.382 e. The van der Waals surface area contributed by atoms with Crippen molar-refractivity contribution in [3.05, 3.63) is 51.4 Å². The second kappa shape index (κ2) is 10.2. The van der Waals surface area contributed by atoms with E-state index in [1.165, 1.54) is 27.3 Å². The highest BCUT2D eigenvalue weighted by atomic mass is 35.5. The predicted octanol–water partition coefficient (Wildman–Crippen LogP) is 2.99. The number of rotatable bonds is 6. The molecule has 0 saturated carbocycles. The van der Waals surface area contributed by atoms with Gasteiger partial charge in [0.15, 0.2) is 0 Å². The van der Waals surface area contributed by atoms with Crippen molar-refractivity contribution in [2.75, 3.05) is 38.2 Å². The highest BCUT2D eigenvalue weighted by molar-refractivity contribution is 7.89. The zero-order valence-electron chi connectivity index (χ0n) is 18.8. The highest BCUT2D eigenvalue weighted by Gasteiger charge is 2.42. The first-order chi connectivity index (χ1) is 16.6. The Hall–Kier alpha value is -2.52. The van der Waals surface area contributed by atoms with E-state index in [0.29, 0.717) is 18.4 Å². The molecular formula is C23H25ClF2N4O4S. The average molecular weight is 527 g/mol. The van der Waals surface area contributed by atoms with Gasteiger partial charge in [0.25, 0.3) is 11.5 Å². The summed E-state index contributed by atoms with van der Waals surface area (Å²) in [4.78, 5) is 13.0. The number of hydrogen-bond acceptors (Lipinski definition) is 6. The molecule has 1 N–H and O–H groups in total. The molecule has 12 heteroatoms. The molecule has 1 atom stereocenters. The number of piperidine rings is 1. The molecule has 0 unspecified atom stereocenters. The Kier molecular flexibility index (Phi) is 7.47. The quantitative estimate of drug-likeness (QED) is 0.582. The van der Waals surface area contributed by atoms with Crippen LogP contribution in [0.5, 0.6) is 0 Å². The van der Waals surface area contributed by atoms with E-state index < -0.39 is 27.4 Å². The summed E-state index contributed by atoms with van der Waals surface area (Å²) < 4.78 is 61.7. The lowest BCUT2D eigenvalue weighted by atomic mass is 9.97. The lowest BCUT2D eigenvalue weighted by molar-refractivity contribution is -0.136. The number of benzene rings is 1. The molecule has 0 radical (unpaired) electrons. The van der Waals surface area contributed by atoms with Gasteiger partial charge in [0.05, 0.1) is 42.0 Å². The summed E-state index contributed by atoms with van der Waals surface area (Å²) in [7, 11) is -3.70. The number of anilines is 1. The molecule has 3 heterocycles. The Labute approximate surface area is 207 Å². The summed E-state index contributed by atoms with van der Waals surface area (Å²) in [6.45, 7) is 0.215. The second-order valence-corrected chi connectivity index (χ2v) is 10.9. The molecule has 188 valence electrons. The van der Waals surface area contributed by atoms with E-state index in [1.54, 1.807) is 12.1 Å². The van der Waals surface area contributed by atoms with Crippen LogP contribution in [0.2, 0.25) is 5.02 Å². The molecule has 4 rings (SSSR count). The van der Waals surface area contributed by atoms with E-state index in [9.17, 15) is 22.0 Å². The van der Waals surface area contributed by atoms with E-state index in [2.05, 4.69) is 16.3 Å². The van der Waals surface area contributed by atoms with Gasteiger partial charge in [0.1, 0.15) is 5.02 Å². The smallest absolute Gasteiger partial charge is 0.287 e. The van der Waals surface area contributed by atoms with Gasteiger partial charge in [-0.1, -0.05) is 17.5 Å². The first kappa shape index (κ1) is 25.6. The van der Waals surface area contributed by atoms with Crippen LogP contribution < -0.4 is 10.9 Å². The van der Waals surface area contributed by atoms with Crippen molar-refractivity contribution in [2.45, 2.75) is 36.1 Å². The Balaban J connectivity index is 1.41. The maximum Gasteiger partial charge on any atom is 0.287 e. The van der Waals surface area contributed by atoms with Gasteiger partial charge in [-0.25, -0.2) is 21.9 Å². The Morgan fingerprint density at radius 2 is 1.94 bits per heavy atom. The summed E-state index contributed by atoms with van der Waals surface area (Å²) in [5, 5.41) is 6.82. The number of nitrogens with one attached hydrogen (secondary N) is 1. The molecular weight excluding hydrogens is 502 g/mol. The number of ether oxygens (including phenoxy) is 1. The summed E-state index contributed by atoms with van der Waals surface area (Å²) in [5.41, 5.74) is 0.197. The number of sulfonamides is 1. The monoisotopic (exact) mass is 526 g/mol. The maximum atomic E-state index is 14.0. The van der Waals surface area contributed by atoms with Crippen LogP contribution in [0, 0.1) is 18.3 Å². The van der Waals surface area contributed by atoms with E-state index in [1.807, 2.05) is 0 Å². The first-order valence-electron chi connectivity index (χ1n) is 11.2. The molecule has 0 amide bonds. The molecule has 2 saturated heterocycles. The molecule has 2 aromatic rings. The molecule has 35 heavy (non-hydrogen) atoms. The van der Waals surface area contributed by atoms with Crippen LogP contribution >= 0.6 is 11.6 Å². The van der Waals surface area contributed by atoms with Crippen LogP contribution in [0.25, 0.3) is 0 Å². The van der Waals surface area contributed by atoms with E-state index >= 15 is 0 Å². The van der Waals surface area contributed by atoms with Gasteiger partial charge in [-0.3, -0.25) is 4.79 Å². The first-order valence-corrected chi connectivity index (χ1v) is 13.0. The van der Waals surface area contributed by atoms with Crippen molar-refractivity contribution in [3.8, 4) is 12.3 Å². The van der Waals surface area contributed by atoms with Gasteiger partial charge in [0.2, 0.25) is 10.0 Å². The minimum Gasteiger partial charge on any atom is -0.382 e. The molecule has 1 aromatic heterocycles. The fourth-order valence-electron chi connectivity index (χ4n) is 4.23. The number of terminal acetylenes is 1. The summed E-state index contributed by atoms with van der Waals surface area (Å²) in [6, 6.07) is 5.75. The van der Waals surface area contributed by atoms with E-state index in [-0.39, 0.29) is 60.9 Å². The number of aromatic nitrogens is 2. The molecule has 2 fully saturated rings. The minimum atomic E-state index is -3.70. The zero-order chi connectivity index (χ0) is 25.2. The van der Waals surface area contributed by atoms with Gasteiger partial charge in [-0.15, -0.1) is 6.42 Å². The van der Waals surface area contributed by atoms with E-state index in [4.69, 9.17) is 22.8 Å². The Morgan fingerprint density at radius 3 is 2.57 bits per heavy atom. The van der Waals surface area contributed by atoms with Crippen LogP contribution in [0.15, 0.2) is 40.2 Å². The van der Waals surface area contributed by atoms with Crippen LogP contribution in [0.1, 0.15) is 30.9 Å². The topological polar surface area (TPSA) is 93.5 Å². The minimum absolute atomic E-state index is 0.0139. The van der Waals surface area contributed by atoms with Crippen LogP contribution in [0.3, 0.4) is 0 Å². The van der Waals surface area contributed by atoms with Crippen molar-refractivity contribution in [3.63, 3.8) is 0 Å². The normalized spacial score (nSPS) is 21.4. The fourth-order valence-corrected chi connectivity index (χ4v) is 5.90.